The number of anilines is 1. The molecule has 6 nitrogen and oxygen atoms in total. The van der Waals surface area contributed by atoms with Crippen molar-refractivity contribution < 1.29 is 8.42 Å². The minimum Gasteiger partial charge on any atom is -0.281 e. The lowest BCUT2D eigenvalue weighted by Gasteiger charge is -2.05. The summed E-state index contributed by atoms with van der Waals surface area (Å²) >= 11 is 1.28. The molecule has 2 heterocycles. The molecule has 2 aromatic rings. The van der Waals surface area contributed by atoms with E-state index in [1.165, 1.54) is 11.3 Å². The molecular formula is C11H16N4O2S2. The Kier molecular flexibility index (Phi) is 3.64. The minimum atomic E-state index is -3.64. The number of nitrogens with zero attached hydrogens (tertiary/aromatic N) is 2. The van der Waals surface area contributed by atoms with Crippen LogP contribution in [0.1, 0.15) is 36.8 Å². The molecule has 19 heavy (non-hydrogen) atoms. The third-order valence-corrected chi connectivity index (χ3v) is 5.17. The zero-order chi connectivity index (χ0) is 14.2. The molecule has 8 heteroatoms. The molecule has 0 aliphatic carbocycles. The third-order valence-electron chi connectivity index (χ3n) is 2.66. The Morgan fingerprint density at radius 2 is 2.05 bits per heavy atom. The first-order valence-electron chi connectivity index (χ1n) is 5.81. The largest absolute Gasteiger partial charge is 0.281 e. The zero-order valence-electron chi connectivity index (χ0n) is 11.2. The minimum absolute atomic E-state index is 0.189. The number of H-pyrrole nitrogens is 1. The molecule has 0 amide bonds. The van der Waals surface area contributed by atoms with Gasteiger partial charge in [0.25, 0.3) is 10.0 Å². The van der Waals surface area contributed by atoms with Gasteiger partial charge < -0.3 is 0 Å². The van der Waals surface area contributed by atoms with Gasteiger partial charge in [0.1, 0.15) is 4.90 Å². The summed E-state index contributed by atoms with van der Waals surface area (Å²) in [6, 6.07) is 0. The smallest absolute Gasteiger partial charge is 0.267 e. The maximum atomic E-state index is 12.3. The van der Waals surface area contributed by atoms with Crippen molar-refractivity contribution in [1.82, 2.24) is 15.2 Å². The maximum absolute atomic E-state index is 12.3. The summed E-state index contributed by atoms with van der Waals surface area (Å²) in [5.74, 6) is 0.270. The second-order valence-electron chi connectivity index (χ2n) is 4.60. The quantitative estimate of drug-likeness (QED) is 0.907. The predicted molar refractivity (Wildman–Crippen MR) is 75.1 cm³/mol. The molecule has 2 rings (SSSR count). The number of aromatic amines is 1. The number of aryl methyl sites for hydroxylation is 2. The molecule has 0 bridgehead atoms. The highest BCUT2D eigenvalue weighted by atomic mass is 32.2. The van der Waals surface area contributed by atoms with Gasteiger partial charge in [0.15, 0.2) is 5.13 Å². The van der Waals surface area contributed by atoms with E-state index in [-0.39, 0.29) is 10.8 Å². The molecule has 0 radical (unpaired) electrons. The van der Waals surface area contributed by atoms with Crippen molar-refractivity contribution in [2.75, 3.05) is 4.72 Å². The van der Waals surface area contributed by atoms with Crippen LogP contribution in [0.4, 0.5) is 5.13 Å². The van der Waals surface area contributed by atoms with E-state index >= 15 is 0 Å². The van der Waals surface area contributed by atoms with Crippen molar-refractivity contribution in [2.24, 2.45) is 0 Å². The molecule has 0 saturated carbocycles. The Bertz CT molecular complexity index is 666. The van der Waals surface area contributed by atoms with Crippen molar-refractivity contribution >= 4 is 26.5 Å². The van der Waals surface area contributed by atoms with Gasteiger partial charge in [0, 0.05) is 5.38 Å². The number of rotatable bonds is 4. The lowest BCUT2D eigenvalue weighted by molar-refractivity contribution is 0.600. The fourth-order valence-corrected chi connectivity index (χ4v) is 4.20. The SMILES string of the molecule is Cc1n[nH]c(C)c1S(=O)(=O)Nc1nc(C(C)C)cs1. The molecule has 0 aliphatic heterocycles. The lowest BCUT2D eigenvalue weighted by atomic mass is 10.2. The van der Waals surface area contributed by atoms with Gasteiger partial charge in [-0.15, -0.1) is 11.3 Å². The summed E-state index contributed by atoms with van der Waals surface area (Å²) in [6.07, 6.45) is 0. The second-order valence-corrected chi connectivity index (χ2v) is 7.08. The molecule has 0 aliphatic rings. The van der Waals surface area contributed by atoms with Crippen LogP contribution in [0.5, 0.6) is 0 Å². The van der Waals surface area contributed by atoms with Gasteiger partial charge in [0.2, 0.25) is 0 Å². The van der Waals surface area contributed by atoms with E-state index < -0.39 is 10.0 Å². The molecule has 0 spiro atoms. The normalized spacial score (nSPS) is 12.1. The number of hydrogen-bond acceptors (Lipinski definition) is 5. The van der Waals surface area contributed by atoms with Crippen molar-refractivity contribution in [2.45, 2.75) is 38.5 Å². The van der Waals surface area contributed by atoms with Gasteiger partial charge in [-0.25, -0.2) is 13.4 Å². The maximum Gasteiger partial charge on any atom is 0.267 e. The van der Waals surface area contributed by atoms with Crippen LogP contribution in [0.2, 0.25) is 0 Å². The van der Waals surface area contributed by atoms with Crippen molar-refractivity contribution in [3.63, 3.8) is 0 Å². The Hall–Kier alpha value is -1.41. The van der Waals surface area contributed by atoms with Crippen LogP contribution in [0.15, 0.2) is 10.3 Å². The first-order chi connectivity index (χ1) is 8.81. The van der Waals surface area contributed by atoms with Gasteiger partial charge in [-0.3, -0.25) is 9.82 Å². The molecule has 2 aromatic heterocycles. The topological polar surface area (TPSA) is 87.7 Å². The summed E-state index contributed by atoms with van der Waals surface area (Å²) in [7, 11) is -3.64. The van der Waals surface area contributed by atoms with Gasteiger partial charge in [-0.05, 0) is 19.8 Å². The van der Waals surface area contributed by atoms with Crippen LogP contribution in [0.3, 0.4) is 0 Å². The van der Waals surface area contributed by atoms with E-state index in [9.17, 15) is 8.42 Å². The lowest BCUT2D eigenvalue weighted by Crippen LogP contribution is -2.14. The van der Waals surface area contributed by atoms with E-state index in [1.54, 1.807) is 13.8 Å². The van der Waals surface area contributed by atoms with Crippen LogP contribution in [0.25, 0.3) is 0 Å². The molecular weight excluding hydrogens is 284 g/mol. The third kappa shape index (κ3) is 2.79. The number of nitrogens with one attached hydrogen (secondary N) is 2. The molecule has 0 unspecified atom stereocenters. The fourth-order valence-electron chi connectivity index (χ4n) is 1.70. The summed E-state index contributed by atoms with van der Waals surface area (Å²) in [5, 5.41) is 8.80. The summed E-state index contributed by atoms with van der Waals surface area (Å²) in [4.78, 5) is 4.45. The van der Waals surface area contributed by atoms with Crippen molar-refractivity contribution in [3.8, 4) is 0 Å². The van der Waals surface area contributed by atoms with Crippen LogP contribution in [-0.2, 0) is 10.0 Å². The summed E-state index contributed by atoms with van der Waals surface area (Å²) in [5.41, 5.74) is 1.85. The van der Waals surface area contributed by atoms with E-state index in [1.807, 2.05) is 19.2 Å². The fraction of sp³-hybridized carbons (Fsp3) is 0.455. The molecule has 0 aromatic carbocycles. The standard InChI is InChI=1S/C11H16N4O2S2/c1-6(2)9-5-18-11(12-9)15-19(16,17)10-7(3)13-14-8(10)4/h5-6H,1-4H3,(H,12,15)(H,13,14). The predicted octanol–water partition coefficient (Wildman–Crippen LogP) is 2.41. The molecule has 0 saturated heterocycles. The van der Waals surface area contributed by atoms with Crippen molar-refractivity contribution in [3.05, 3.63) is 22.5 Å². The number of sulfonamides is 1. The highest BCUT2D eigenvalue weighted by Gasteiger charge is 2.23. The Balaban J connectivity index is 2.31. The number of hydrogen-bond donors (Lipinski definition) is 2. The summed E-state index contributed by atoms with van der Waals surface area (Å²) < 4.78 is 27.1. The van der Waals surface area contributed by atoms with Gasteiger partial charge >= 0.3 is 0 Å². The highest BCUT2D eigenvalue weighted by molar-refractivity contribution is 7.93. The first kappa shape index (κ1) is 14.0. The van der Waals surface area contributed by atoms with Crippen LogP contribution in [0, 0.1) is 13.8 Å². The van der Waals surface area contributed by atoms with E-state index in [0.717, 1.165) is 5.69 Å². The highest BCUT2D eigenvalue weighted by Crippen LogP contribution is 2.25. The number of thiazole rings is 1. The molecule has 2 N–H and O–H groups in total. The second kappa shape index (κ2) is 4.93. The molecule has 104 valence electrons. The number of aromatic nitrogens is 3. The van der Waals surface area contributed by atoms with E-state index in [2.05, 4.69) is 19.9 Å². The molecule has 0 fully saturated rings. The van der Waals surface area contributed by atoms with E-state index in [4.69, 9.17) is 0 Å². The van der Waals surface area contributed by atoms with Crippen LogP contribution in [-0.4, -0.2) is 23.6 Å². The Morgan fingerprint density at radius 1 is 1.37 bits per heavy atom. The average molecular weight is 300 g/mol. The Morgan fingerprint density at radius 3 is 2.53 bits per heavy atom. The van der Waals surface area contributed by atoms with Crippen LogP contribution < -0.4 is 4.72 Å². The monoisotopic (exact) mass is 300 g/mol. The van der Waals surface area contributed by atoms with Gasteiger partial charge in [-0.2, -0.15) is 5.10 Å². The summed E-state index contributed by atoms with van der Waals surface area (Å²) in [6.45, 7) is 7.35. The first-order valence-corrected chi connectivity index (χ1v) is 8.17. The van der Waals surface area contributed by atoms with Gasteiger partial charge in [0.05, 0.1) is 17.1 Å². The molecule has 0 atom stereocenters. The Labute approximate surface area is 116 Å². The zero-order valence-corrected chi connectivity index (χ0v) is 12.8. The van der Waals surface area contributed by atoms with Gasteiger partial charge in [-0.1, -0.05) is 13.8 Å². The van der Waals surface area contributed by atoms with Crippen molar-refractivity contribution in [1.29, 1.82) is 0 Å². The average Bonchev–Trinajstić information content (AvgIpc) is 2.85. The van der Waals surface area contributed by atoms with Crippen LogP contribution >= 0.6 is 11.3 Å². The van der Waals surface area contributed by atoms with E-state index in [0.29, 0.717) is 16.5 Å².